The first-order valence-corrected chi connectivity index (χ1v) is 7.22. The van der Waals surface area contributed by atoms with Crippen LogP contribution in [0.3, 0.4) is 0 Å². The Kier molecular flexibility index (Phi) is 4.34. The molecule has 0 saturated heterocycles. The Hall–Kier alpha value is 1.79. The molecule has 4 heteroatoms. The van der Waals surface area contributed by atoms with Gasteiger partial charge in [-0.1, -0.05) is 0 Å². The highest BCUT2D eigenvalue weighted by atomic mass is 80.0. The zero-order valence-electron chi connectivity index (χ0n) is 1.54. The van der Waals surface area contributed by atoms with Gasteiger partial charge in [-0.05, 0) is 0 Å². The Morgan fingerprint density at radius 1 is 1.00 bits per heavy atom. The van der Waals surface area contributed by atoms with Crippen LogP contribution in [0.5, 0.6) is 0 Å². The average Bonchev–Trinajstić information content (AvgIpc) is 0.811. The minimum absolute atomic E-state index is 0.0764. The van der Waals surface area contributed by atoms with E-state index in [9.17, 15) is 0 Å². The van der Waals surface area contributed by atoms with E-state index in [2.05, 4.69) is 44.4 Å². The zero-order chi connectivity index (χ0) is 3.58. The minimum Gasteiger partial charge on any atom is 0.220 e. The lowest BCUT2D eigenvalue weighted by atomic mass is 32.0. The van der Waals surface area contributed by atoms with Crippen molar-refractivity contribution in [2.24, 2.45) is 0 Å². The summed E-state index contributed by atoms with van der Waals surface area (Å²) in [6.07, 6.45) is 0.0764. The van der Waals surface area contributed by atoms with E-state index in [-0.39, 0.29) is 6.20 Å². The Morgan fingerprint density at radius 2 is 1.00 bits per heavy atom. The summed E-state index contributed by atoms with van der Waals surface area (Å²) in [6.45, 7) is 0. The summed E-state index contributed by atoms with van der Waals surface area (Å²) in [5, 5.41) is 0. The maximum atomic E-state index is 3.13. The van der Waals surface area contributed by atoms with Gasteiger partial charge in [0.15, 0.2) is 0 Å². The smallest absolute Gasteiger partial charge is 0.220 e. The molecule has 0 aliphatic rings. The topological polar surface area (TPSA) is 0 Å². The van der Waals surface area contributed by atoms with E-state index in [4.69, 9.17) is 0 Å². The lowest BCUT2D eigenvalue weighted by molar-refractivity contribution is 6.25. The summed E-state index contributed by atoms with van der Waals surface area (Å²) in [4.78, 5) is 0. The zero-order valence-corrected chi connectivity index (χ0v) is 7.12. The minimum atomic E-state index is 0.0764. The van der Waals surface area contributed by atoms with E-state index < -0.39 is 0 Å². The Balaban J connectivity index is 2.32. The largest absolute Gasteiger partial charge is 0.260 e. The Bertz CT molecular complexity index is 8.00. The normalized spacial score (nSPS) is 9.00. The summed E-state index contributed by atoms with van der Waals surface area (Å²) < 4.78 is 0. The Morgan fingerprint density at radius 3 is 1.00 bits per heavy atom. The van der Waals surface area contributed by atoms with Crippen LogP contribution in [-0.2, 0) is 6.20 Å². The molecule has 0 heterocycles. The van der Waals surface area contributed by atoms with E-state index in [0.717, 1.165) is 0 Å². The van der Waals surface area contributed by atoms with Crippen LogP contribution in [0.25, 0.3) is 0 Å². The molecule has 0 aliphatic carbocycles. The van der Waals surface area contributed by atoms with Crippen molar-refractivity contribution in [3.8, 4) is 0 Å². The van der Waals surface area contributed by atoms with Crippen LogP contribution < -0.4 is 0 Å². The van der Waals surface area contributed by atoms with Crippen LogP contribution in [0, 0.1) is 0 Å². The first kappa shape index (κ1) is 5.79. The summed E-state index contributed by atoms with van der Waals surface area (Å²) in [5.74, 6) is 0. The van der Waals surface area contributed by atoms with Crippen molar-refractivity contribution in [2.45, 2.75) is 0 Å². The second-order valence-electron chi connectivity index (χ2n) is 0.175. The highest BCUT2D eigenvalue weighted by molar-refractivity contribution is 10.0. The van der Waals surface area contributed by atoms with Crippen LogP contribution in [0.1, 0.15) is 0 Å². The quantitative estimate of drug-likeness (QED) is 0.594. The summed E-state index contributed by atoms with van der Waals surface area (Å²) in [7, 11) is 0. The fourth-order valence-corrected chi connectivity index (χ4v) is 0. The van der Waals surface area contributed by atoms with E-state index in [1.54, 1.807) is 0 Å². The maximum absolute atomic E-state index is 3.13. The monoisotopic (exact) mass is 269 g/mol. The summed E-state index contributed by atoms with van der Waals surface area (Å²) >= 11 is 9.40. The molecule has 0 fully saturated rings. The van der Waals surface area contributed by atoms with Crippen molar-refractivity contribution in [1.82, 2.24) is 0 Å². The lowest BCUT2D eigenvalue weighted by Crippen LogP contribution is -1.36. The number of hydrogen-bond donors (Lipinski definition) is 0. The van der Waals surface area contributed by atoms with Crippen LogP contribution in [0.15, 0.2) is 0 Å². The predicted octanol–water partition coefficient (Wildman–Crippen LogP) is 2.53. The van der Waals surface area contributed by atoms with Crippen molar-refractivity contribution in [1.29, 1.82) is 0 Å². The van der Waals surface area contributed by atoms with Gasteiger partial charge >= 0.3 is 0 Å². The number of halogens is 3. The third-order valence-corrected chi connectivity index (χ3v) is 0. The molecule has 0 N–H and O–H groups in total. The molecule has 0 aromatic rings. The number of hydrogen-bond acceptors (Lipinski definition) is 0. The third kappa shape index (κ3) is 9.21. The van der Waals surface area contributed by atoms with Crippen molar-refractivity contribution < 1.29 is 0 Å². The second kappa shape index (κ2) is 3.00. The number of rotatable bonds is 0. The van der Waals surface area contributed by atoms with Gasteiger partial charge in [0.1, 0.15) is 0 Å². The van der Waals surface area contributed by atoms with Gasteiger partial charge in [0.25, 0.3) is 44.4 Å². The summed E-state index contributed by atoms with van der Waals surface area (Å²) in [5.41, 5.74) is 0. The van der Waals surface area contributed by atoms with Crippen molar-refractivity contribution in [3.63, 3.8) is 0 Å². The maximum Gasteiger partial charge on any atom is 0.260 e. The van der Waals surface area contributed by atoms with Crippen molar-refractivity contribution in [3.05, 3.63) is 0 Å². The molecule has 0 aromatic carbocycles. The molecule has 0 unspecified atom stereocenters. The first-order valence-electron chi connectivity index (χ1n) is 0.463. The van der Waals surface area contributed by atoms with Crippen LogP contribution in [0.2, 0.25) is 0 Å². The van der Waals surface area contributed by atoms with Crippen LogP contribution >= 0.6 is 44.4 Å². The molecular formula is Br3S+. The molecule has 0 radical (unpaired) electrons. The fourth-order valence-electron chi connectivity index (χ4n) is 0. The molecule has 0 rings (SSSR count). The van der Waals surface area contributed by atoms with Gasteiger partial charge in [0.2, 0.25) is 6.20 Å². The van der Waals surface area contributed by atoms with Gasteiger partial charge in [-0.15, -0.1) is 0 Å². The second-order valence-corrected chi connectivity index (χ2v) is 14.2. The molecular weight excluding hydrogens is 272 g/mol. The fraction of sp³-hybridized carbons (Fsp3) is 0. The molecule has 0 atom stereocenters. The molecule has 26 valence electrons. The predicted molar refractivity (Wildman–Crippen MR) is 34.1 cm³/mol. The standard InChI is InChI=1S/Br3S/c1-4(2)3/q+1. The molecule has 0 aromatic heterocycles. The van der Waals surface area contributed by atoms with E-state index in [1.165, 1.54) is 0 Å². The van der Waals surface area contributed by atoms with Crippen molar-refractivity contribution in [2.75, 3.05) is 0 Å². The lowest BCUT2D eigenvalue weighted by Gasteiger charge is -1.49. The first-order chi connectivity index (χ1) is 1.73. The van der Waals surface area contributed by atoms with Crippen molar-refractivity contribution >= 4 is 50.6 Å². The van der Waals surface area contributed by atoms with Gasteiger partial charge in [0.05, 0.1) is 0 Å². The SMILES string of the molecule is Br[S+](Br)Br. The molecule has 0 aliphatic heterocycles. The third-order valence-electron chi connectivity index (χ3n) is 0. The molecule has 0 spiro atoms. The molecule has 0 saturated carbocycles. The van der Waals surface area contributed by atoms with Crippen LogP contribution in [0.4, 0.5) is 0 Å². The average molecular weight is 272 g/mol. The molecule has 0 amide bonds. The molecule has 0 nitrogen and oxygen atoms in total. The van der Waals surface area contributed by atoms with Gasteiger partial charge in [-0.3, -0.25) is 0 Å². The van der Waals surface area contributed by atoms with Gasteiger partial charge in [-0.2, -0.15) is 0 Å². The summed E-state index contributed by atoms with van der Waals surface area (Å²) in [6, 6.07) is 0. The highest BCUT2D eigenvalue weighted by Gasteiger charge is 1.97. The van der Waals surface area contributed by atoms with Crippen LogP contribution in [-0.4, -0.2) is 0 Å². The van der Waals surface area contributed by atoms with E-state index in [0.29, 0.717) is 0 Å². The van der Waals surface area contributed by atoms with E-state index in [1.807, 2.05) is 0 Å². The Labute approximate surface area is 50.3 Å². The highest BCUT2D eigenvalue weighted by Crippen LogP contribution is 2.21. The van der Waals surface area contributed by atoms with Gasteiger partial charge in [0, 0.05) is 0 Å². The molecule has 0 bridgehead atoms. The van der Waals surface area contributed by atoms with E-state index >= 15 is 0 Å². The van der Waals surface area contributed by atoms with Gasteiger partial charge < -0.3 is 0 Å². The van der Waals surface area contributed by atoms with Gasteiger partial charge in [-0.25, -0.2) is 0 Å². The molecule has 4 heavy (non-hydrogen) atoms.